The van der Waals surface area contributed by atoms with Gasteiger partial charge in [0.05, 0.1) is 12.6 Å². The number of nitrogens with two attached hydrogens (primary N) is 1. The molecule has 0 radical (unpaired) electrons. The van der Waals surface area contributed by atoms with Crippen LogP contribution in [-0.4, -0.2) is 58.3 Å². The zero-order valence-electron chi connectivity index (χ0n) is 16.7. The Balaban J connectivity index is 0.000000423. The lowest BCUT2D eigenvalue weighted by molar-refractivity contribution is -0.192. The Hall–Kier alpha value is -3.01. The lowest BCUT2D eigenvalue weighted by Gasteiger charge is -2.25. The molecule has 1 saturated heterocycles. The molecule has 0 spiro atoms. The van der Waals surface area contributed by atoms with Gasteiger partial charge in [0.1, 0.15) is 6.17 Å². The minimum Gasteiger partial charge on any atom is -0.475 e. The molecule has 2 heterocycles. The molecular formula is C21H23F4N3O3. The summed E-state index contributed by atoms with van der Waals surface area (Å²) in [7, 11) is 0. The third-order valence-corrected chi connectivity index (χ3v) is 4.94. The topological polar surface area (TPSA) is 96.5 Å². The predicted molar refractivity (Wildman–Crippen MR) is 106 cm³/mol. The molecule has 3 N–H and O–H groups in total. The van der Waals surface area contributed by atoms with Gasteiger partial charge in [0, 0.05) is 24.9 Å². The van der Waals surface area contributed by atoms with Crippen molar-refractivity contribution in [3.8, 4) is 11.1 Å². The van der Waals surface area contributed by atoms with Crippen molar-refractivity contribution in [1.29, 1.82) is 0 Å². The first-order valence-corrected chi connectivity index (χ1v) is 9.49. The number of hydrogen-bond donors (Lipinski definition) is 2. The molecule has 3 rings (SSSR count). The van der Waals surface area contributed by atoms with Crippen LogP contribution in [0.5, 0.6) is 0 Å². The Morgan fingerprint density at radius 1 is 1.19 bits per heavy atom. The van der Waals surface area contributed by atoms with Crippen LogP contribution in [0.15, 0.2) is 48.8 Å². The molecule has 31 heavy (non-hydrogen) atoms. The largest absolute Gasteiger partial charge is 0.490 e. The second-order valence-electron chi connectivity index (χ2n) is 7.15. The zero-order valence-corrected chi connectivity index (χ0v) is 16.7. The van der Waals surface area contributed by atoms with E-state index in [0.29, 0.717) is 13.0 Å². The van der Waals surface area contributed by atoms with Crippen LogP contribution in [0.2, 0.25) is 0 Å². The first-order chi connectivity index (χ1) is 14.5. The lowest BCUT2D eigenvalue weighted by atomic mass is 9.91. The van der Waals surface area contributed by atoms with Gasteiger partial charge in [0.25, 0.3) is 0 Å². The summed E-state index contributed by atoms with van der Waals surface area (Å²) >= 11 is 0. The molecule has 0 unspecified atom stereocenters. The van der Waals surface area contributed by atoms with Gasteiger partial charge in [0.2, 0.25) is 5.91 Å². The number of halogens is 4. The normalized spacial score (nSPS) is 18.0. The fourth-order valence-corrected chi connectivity index (χ4v) is 3.06. The third kappa shape index (κ3) is 6.74. The van der Waals surface area contributed by atoms with Gasteiger partial charge < -0.3 is 15.7 Å². The number of amides is 1. The number of likely N-dealkylation sites (tertiary alicyclic amines) is 1. The van der Waals surface area contributed by atoms with E-state index in [1.807, 2.05) is 49.5 Å². The summed E-state index contributed by atoms with van der Waals surface area (Å²) in [5.74, 6) is -3.05. The number of nitrogens with zero attached hydrogens (tertiary/aromatic N) is 2. The first kappa shape index (κ1) is 24.3. The van der Waals surface area contributed by atoms with E-state index in [4.69, 9.17) is 15.6 Å². The van der Waals surface area contributed by atoms with Crippen molar-refractivity contribution in [2.24, 2.45) is 5.73 Å². The van der Waals surface area contributed by atoms with E-state index in [0.717, 1.165) is 16.7 Å². The zero-order chi connectivity index (χ0) is 23.2. The molecule has 168 valence electrons. The van der Waals surface area contributed by atoms with Crippen molar-refractivity contribution in [2.45, 2.75) is 37.7 Å². The molecule has 1 aliphatic heterocycles. The van der Waals surface area contributed by atoms with Gasteiger partial charge in [-0.2, -0.15) is 13.2 Å². The second-order valence-corrected chi connectivity index (χ2v) is 7.15. The highest BCUT2D eigenvalue weighted by Gasteiger charge is 2.38. The molecule has 1 aromatic carbocycles. The summed E-state index contributed by atoms with van der Waals surface area (Å²) in [6.45, 7) is 2.56. The van der Waals surface area contributed by atoms with Gasteiger partial charge in [-0.15, -0.1) is 0 Å². The molecule has 1 fully saturated rings. The van der Waals surface area contributed by atoms with Gasteiger partial charge >= 0.3 is 12.1 Å². The van der Waals surface area contributed by atoms with Gasteiger partial charge in [-0.1, -0.05) is 37.3 Å². The number of pyridine rings is 1. The fraction of sp³-hybridized carbons (Fsp3) is 0.381. The van der Waals surface area contributed by atoms with Crippen LogP contribution in [0.1, 0.15) is 24.8 Å². The highest BCUT2D eigenvalue weighted by atomic mass is 19.4. The number of rotatable bonds is 4. The SMILES string of the molecule is C[C@@H](c1ccc(-c2cccnc2)cc1)[C@H](N)C(=O)N1CC[C@H](F)C1.O=C(O)C(F)(F)F. The minimum absolute atomic E-state index is 0.126. The number of carboxylic acid groups (broad SMARTS) is 1. The van der Waals surface area contributed by atoms with Crippen molar-refractivity contribution in [3.05, 3.63) is 54.4 Å². The van der Waals surface area contributed by atoms with E-state index < -0.39 is 24.4 Å². The number of alkyl halides is 4. The summed E-state index contributed by atoms with van der Waals surface area (Å²) in [5, 5.41) is 7.12. The highest BCUT2D eigenvalue weighted by Crippen LogP contribution is 2.25. The van der Waals surface area contributed by atoms with Crippen LogP contribution < -0.4 is 5.73 Å². The maximum atomic E-state index is 13.3. The van der Waals surface area contributed by atoms with Crippen molar-refractivity contribution in [2.75, 3.05) is 13.1 Å². The van der Waals surface area contributed by atoms with E-state index in [1.165, 1.54) is 4.90 Å². The molecule has 0 bridgehead atoms. The molecule has 0 aliphatic carbocycles. The maximum Gasteiger partial charge on any atom is 0.490 e. The number of carbonyl (C=O) groups is 2. The van der Waals surface area contributed by atoms with Crippen LogP contribution in [-0.2, 0) is 9.59 Å². The maximum absolute atomic E-state index is 13.3. The molecule has 1 aliphatic rings. The average Bonchev–Trinajstić information content (AvgIpc) is 3.19. The summed E-state index contributed by atoms with van der Waals surface area (Å²) in [6, 6.07) is 11.2. The Bertz CT molecular complexity index is 876. The smallest absolute Gasteiger partial charge is 0.475 e. The molecule has 1 amide bonds. The molecule has 2 aromatic rings. The molecular weight excluding hydrogens is 418 g/mol. The molecule has 10 heteroatoms. The van der Waals surface area contributed by atoms with Gasteiger partial charge in [-0.05, 0) is 29.2 Å². The number of carbonyl (C=O) groups excluding carboxylic acids is 1. The van der Waals surface area contributed by atoms with Crippen LogP contribution in [0, 0.1) is 0 Å². The number of hydrogen-bond acceptors (Lipinski definition) is 4. The van der Waals surface area contributed by atoms with Crippen LogP contribution in [0.25, 0.3) is 11.1 Å². The lowest BCUT2D eigenvalue weighted by Crippen LogP contribution is -2.45. The Labute approximate surface area is 176 Å². The van der Waals surface area contributed by atoms with Crippen LogP contribution in [0.4, 0.5) is 17.6 Å². The Morgan fingerprint density at radius 3 is 2.26 bits per heavy atom. The molecule has 1 aromatic heterocycles. The summed E-state index contributed by atoms with van der Waals surface area (Å²) in [5.41, 5.74) is 9.26. The molecule has 0 saturated carbocycles. The van der Waals surface area contributed by atoms with E-state index >= 15 is 0 Å². The third-order valence-electron chi connectivity index (χ3n) is 4.94. The van der Waals surface area contributed by atoms with Crippen molar-refractivity contribution < 1.29 is 32.3 Å². The monoisotopic (exact) mass is 441 g/mol. The molecule has 6 nitrogen and oxygen atoms in total. The highest BCUT2D eigenvalue weighted by molar-refractivity contribution is 5.83. The van der Waals surface area contributed by atoms with Crippen molar-refractivity contribution >= 4 is 11.9 Å². The first-order valence-electron chi connectivity index (χ1n) is 9.49. The Kier molecular flexibility index (Phi) is 8.09. The quantitative estimate of drug-likeness (QED) is 0.709. The summed E-state index contributed by atoms with van der Waals surface area (Å²) in [4.78, 5) is 27.0. The standard InChI is InChI=1S/C19H22FN3O.C2HF3O2/c1-13(18(21)19(24)23-10-8-17(20)12-23)14-4-6-15(7-5-14)16-3-2-9-22-11-16;3-2(4,5)1(6)7/h2-7,9,11,13,17-18H,8,10,12,21H2,1H3;(H,6,7)/t13-,17-,18-;/m0./s1. The molecule has 3 atom stereocenters. The van der Waals surface area contributed by atoms with Gasteiger partial charge in [0.15, 0.2) is 0 Å². The van der Waals surface area contributed by atoms with E-state index in [-0.39, 0.29) is 18.4 Å². The van der Waals surface area contributed by atoms with Crippen LogP contribution >= 0.6 is 0 Å². The number of aromatic nitrogens is 1. The Morgan fingerprint density at radius 2 is 1.81 bits per heavy atom. The minimum atomic E-state index is -5.08. The number of carboxylic acids is 1. The van der Waals surface area contributed by atoms with Crippen molar-refractivity contribution in [1.82, 2.24) is 9.88 Å². The number of benzene rings is 1. The fourth-order valence-electron chi connectivity index (χ4n) is 3.06. The second kappa shape index (κ2) is 10.3. The van der Waals surface area contributed by atoms with Crippen molar-refractivity contribution in [3.63, 3.8) is 0 Å². The van der Waals surface area contributed by atoms with Gasteiger partial charge in [-0.3, -0.25) is 9.78 Å². The van der Waals surface area contributed by atoms with E-state index in [9.17, 15) is 22.4 Å². The van der Waals surface area contributed by atoms with Crippen LogP contribution in [0.3, 0.4) is 0 Å². The number of aliphatic carboxylic acids is 1. The van der Waals surface area contributed by atoms with E-state index in [1.54, 1.807) is 6.20 Å². The van der Waals surface area contributed by atoms with Gasteiger partial charge in [-0.25, -0.2) is 9.18 Å². The summed E-state index contributed by atoms with van der Waals surface area (Å²) in [6.07, 6.45) is -2.04. The summed E-state index contributed by atoms with van der Waals surface area (Å²) < 4.78 is 45.0. The average molecular weight is 441 g/mol. The van der Waals surface area contributed by atoms with E-state index in [2.05, 4.69) is 4.98 Å². The predicted octanol–water partition coefficient (Wildman–Crippen LogP) is 3.38.